The number of hydrogen-bond donors (Lipinski definition) is 1. The Morgan fingerprint density at radius 3 is 2.89 bits per heavy atom. The second-order valence-corrected chi connectivity index (χ2v) is 4.79. The molecule has 0 aromatic carbocycles. The zero-order valence-corrected chi connectivity index (χ0v) is 10.7. The Balaban J connectivity index is 1.70. The lowest BCUT2D eigenvalue weighted by Gasteiger charge is -2.17. The van der Waals surface area contributed by atoms with Crippen molar-refractivity contribution in [3.63, 3.8) is 0 Å². The normalized spacial score (nSPS) is 17.7. The third-order valence-electron chi connectivity index (χ3n) is 3.31. The summed E-state index contributed by atoms with van der Waals surface area (Å²) in [6.45, 7) is 3.00. The molecule has 0 saturated carbocycles. The fraction of sp³-hybridized carbons (Fsp3) is 0.462. The highest BCUT2D eigenvalue weighted by molar-refractivity contribution is 5.45. The van der Waals surface area contributed by atoms with E-state index < -0.39 is 0 Å². The molecule has 2 aromatic heterocycles. The van der Waals surface area contributed by atoms with Crippen LogP contribution in [0.4, 0.5) is 0 Å². The minimum atomic E-state index is -0.209. The van der Waals surface area contributed by atoms with Crippen LogP contribution in [0.5, 0.6) is 0 Å². The van der Waals surface area contributed by atoms with E-state index in [9.17, 15) is 0 Å². The molecule has 3 heterocycles. The Hall–Kier alpha value is -1.79. The first-order chi connectivity index (χ1) is 9.33. The van der Waals surface area contributed by atoms with Crippen molar-refractivity contribution in [3.8, 4) is 11.6 Å². The highest BCUT2D eigenvalue weighted by atomic mass is 16.5. The molecular formula is C13H17N5O. The fourth-order valence-corrected chi connectivity index (χ4v) is 2.30. The van der Waals surface area contributed by atoms with Gasteiger partial charge in [0.2, 0.25) is 0 Å². The predicted molar refractivity (Wildman–Crippen MR) is 70.1 cm³/mol. The lowest BCUT2D eigenvalue weighted by Crippen LogP contribution is -2.30. The van der Waals surface area contributed by atoms with Crippen LogP contribution in [0, 0.1) is 0 Å². The predicted octanol–water partition coefficient (Wildman–Crippen LogP) is 1.23. The van der Waals surface area contributed by atoms with Crippen LogP contribution < -0.4 is 5.73 Å². The van der Waals surface area contributed by atoms with Crippen LogP contribution in [-0.4, -0.2) is 39.7 Å². The third kappa shape index (κ3) is 2.80. The Labute approximate surface area is 111 Å². The Kier molecular flexibility index (Phi) is 3.52. The second-order valence-electron chi connectivity index (χ2n) is 4.79. The molecule has 1 saturated heterocycles. The first kappa shape index (κ1) is 12.3. The molecule has 6 heteroatoms. The summed E-state index contributed by atoms with van der Waals surface area (Å²) in [5.74, 6) is 0.972. The molecule has 2 aromatic rings. The summed E-state index contributed by atoms with van der Waals surface area (Å²) >= 11 is 0. The van der Waals surface area contributed by atoms with Gasteiger partial charge >= 0.3 is 0 Å². The van der Waals surface area contributed by atoms with Gasteiger partial charge < -0.3 is 15.2 Å². The van der Waals surface area contributed by atoms with E-state index in [2.05, 4.69) is 20.0 Å². The molecule has 1 unspecified atom stereocenters. The van der Waals surface area contributed by atoms with Gasteiger partial charge in [0.25, 0.3) is 5.89 Å². The van der Waals surface area contributed by atoms with Gasteiger partial charge in [-0.3, -0.25) is 4.98 Å². The van der Waals surface area contributed by atoms with Crippen molar-refractivity contribution in [2.75, 3.05) is 19.6 Å². The molecule has 0 spiro atoms. The van der Waals surface area contributed by atoms with Gasteiger partial charge in [0.1, 0.15) is 5.69 Å². The molecule has 0 radical (unpaired) electrons. The average Bonchev–Trinajstić information content (AvgIpc) is 3.10. The summed E-state index contributed by atoms with van der Waals surface area (Å²) in [4.78, 5) is 10.8. The van der Waals surface area contributed by atoms with Crippen LogP contribution in [0.3, 0.4) is 0 Å². The largest absolute Gasteiger partial charge is 0.332 e. The van der Waals surface area contributed by atoms with Crippen molar-refractivity contribution in [3.05, 3.63) is 30.2 Å². The number of hydrogen-bond acceptors (Lipinski definition) is 6. The Morgan fingerprint density at radius 1 is 1.32 bits per heavy atom. The van der Waals surface area contributed by atoms with E-state index in [0.717, 1.165) is 19.6 Å². The van der Waals surface area contributed by atoms with Gasteiger partial charge in [-0.15, -0.1) is 0 Å². The molecule has 3 rings (SSSR count). The minimum Gasteiger partial charge on any atom is -0.332 e. The van der Waals surface area contributed by atoms with E-state index in [1.165, 1.54) is 12.8 Å². The lowest BCUT2D eigenvalue weighted by molar-refractivity contribution is 0.306. The lowest BCUT2D eigenvalue weighted by atomic mass is 10.3. The van der Waals surface area contributed by atoms with Gasteiger partial charge in [-0.05, 0) is 38.1 Å². The second kappa shape index (κ2) is 5.46. The minimum absolute atomic E-state index is 0.209. The fourth-order valence-electron chi connectivity index (χ4n) is 2.30. The number of likely N-dealkylation sites (tertiary alicyclic amines) is 1. The Bertz CT molecular complexity index is 521. The summed E-state index contributed by atoms with van der Waals surface area (Å²) in [6, 6.07) is 5.36. The maximum Gasteiger partial charge on any atom is 0.276 e. The SMILES string of the molecule is NC(CN1CCCC1)c1noc(-c2ccccn2)n1. The molecule has 0 amide bonds. The molecule has 1 fully saturated rings. The standard InChI is InChI=1S/C13H17N5O/c14-10(9-18-7-3-4-8-18)12-16-13(19-17-12)11-5-1-2-6-15-11/h1-2,5-6,10H,3-4,7-9,14H2. The molecule has 0 bridgehead atoms. The number of aromatic nitrogens is 3. The Morgan fingerprint density at radius 2 is 2.16 bits per heavy atom. The van der Waals surface area contributed by atoms with E-state index in [0.29, 0.717) is 17.4 Å². The quantitative estimate of drug-likeness (QED) is 0.889. The van der Waals surface area contributed by atoms with Gasteiger partial charge in [0.05, 0.1) is 6.04 Å². The monoisotopic (exact) mass is 259 g/mol. The summed E-state index contributed by atoms with van der Waals surface area (Å²) in [7, 11) is 0. The van der Waals surface area contributed by atoms with Gasteiger partial charge in [-0.25, -0.2) is 0 Å². The first-order valence-electron chi connectivity index (χ1n) is 6.56. The van der Waals surface area contributed by atoms with Gasteiger partial charge in [0.15, 0.2) is 5.82 Å². The molecular weight excluding hydrogens is 242 g/mol. The number of rotatable bonds is 4. The number of nitrogens with two attached hydrogens (primary N) is 1. The maximum absolute atomic E-state index is 6.12. The first-order valence-corrected chi connectivity index (χ1v) is 6.56. The van der Waals surface area contributed by atoms with E-state index in [1.807, 2.05) is 18.2 Å². The topological polar surface area (TPSA) is 81.1 Å². The van der Waals surface area contributed by atoms with Crippen molar-refractivity contribution in [2.45, 2.75) is 18.9 Å². The smallest absolute Gasteiger partial charge is 0.276 e. The molecule has 1 aliphatic heterocycles. The third-order valence-corrected chi connectivity index (χ3v) is 3.31. The molecule has 2 N–H and O–H groups in total. The van der Waals surface area contributed by atoms with E-state index in [-0.39, 0.29) is 6.04 Å². The van der Waals surface area contributed by atoms with Crippen molar-refractivity contribution in [1.29, 1.82) is 0 Å². The van der Waals surface area contributed by atoms with Crippen LogP contribution in [0.2, 0.25) is 0 Å². The zero-order chi connectivity index (χ0) is 13.1. The van der Waals surface area contributed by atoms with Crippen molar-refractivity contribution in [1.82, 2.24) is 20.0 Å². The van der Waals surface area contributed by atoms with Crippen molar-refractivity contribution in [2.24, 2.45) is 5.73 Å². The highest BCUT2D eigenvalue weighted by Crippen LogP contribution is 2.17. The molecule has 0 aliphatic carbocycles. The van der Waals surface area contributed by atoms with E-state index in [4.69, 9.17) is 10.3 Å². The van der Waals surface area contributed by atoms with Crippen LogP contribution in [-0.2, 0) is 0 Å². The molecule has 19 heavy (non-hydrogen) atoms. The van der Waals surface area contributed by atoms with Gasteiger partial charge in [0, 0.05) is 12.7 Å². The molecule has 100 valence electrons. The van der Waals surface area contributed by atoms with E-state index in [1.54, 1.807) is 6.20 Å². The maximum atomic E-state index is 6.12. The number of nitrogens with zero attached hydrogens (tertiary/aromatic N) is 4. The molecule has 1 atom stereocenters. The summed E-state index contributed by atoms with van der Waals surface area (Å²) in [6.07, 6.45) is 4.19. The summed E-state index contributed by atoms with van der Waals surface area (Å²) < 4.78 is 5.21. The summed E-state index contributed by atoms with van der Waals surface area (Å²) in [5, 5.41) is 3.96. The van der Waals surface area contributed by atoms with Gasteiger partial charge in [-0.2, -0.15) is 4.98 Å². The average molecular weight is 259 g/mol. The summed E-state index contributed by atoms with van der Waals surface area (Å²) in [5.41, 5.74) is 6.79. The van der Waals surface area contributed by atoms with Crippen LogP contribution in [0.1, 0.15) is 24.7 Å². The molecule has 1 aliphatic rings. The number of pyridine rings is 1. The van der Waals surface area contributed by atoms with Crippen LogP contribution in [0.15, 0.2) is 28.9 Å². The van der Waals surface area contributed by atoms with Crippen molar-refractivity contribution >= 4 is 0 Å². The van der Waals surface area contributed by atoms with Gasteiger partial charge in [-0.1, -0.05) is 11.2 Å². The van der Waals surface area contributed by atoms with E-state index >= 15 is 0 Å². The van der Waals surface area contributed by atoms with Crippen LogP contribution in [0.25, 0.3) is 11.6 Å². The molecule has 6 nitrogen and oxygen atoms in total. The highest BCUT2D eigenvalue weighted by Gasteiger charge is 2.20. The van der Waals surface area contributed by atoms with Crippen molar-refractivity contribution < 1.29 is 4.52 Å². The zero-order valence-electron chi connectivity index (χ0n) is 10.7. The van der Waals surface area contributed by atoms with Crippen LogP contribution >= 0.6 is 0 Å².